The third-order valence-corrected chi connectivity index (χ3v) is 5.31. The molecule has 27 heavy (non-hydrogen) atoms. The van der Waals surface area contributed by atoms with Gasteiger partial charge in [0.1, 0.15) is 0 Å². The van der Waals surface area contributed by atoms with Crippen LogP contribution in [0, 0.1) is 0 Å². The number of carbonyl (C=O) groups is 3. The summed E-state index contributed by atoms with van der Waals surface area (Å²) >= 11 is 1.47. The maximum absolute atomic E-state index is 12.5. The van der Waals surface area contributed by atoms with Crippen molar-refractivity contribution in [3.8, 4) is 0 Å². The zero-order valence-corrected chi connectivity index (χ0v) is 15.9. The third-order valence-electron chi connectivity index (χ3n) is 4.13. The number of methoxy groups -OCH3 is 1. The van der Waals surface area contributed by atoms with Crippen LogP contribution < -0.4 is 15.5 Å². The predicted molar refractivity (Wildman–Crippen MR) is 106 cm³/mol. The van der Waals surface area contributed by atoms with E-state index < -0.39 is 6.09 Å². The molecule has 1 heterocycles. The maximum Gasteiger partial charge on any atom is 0.413 e. The number of anilines is 3. The number of rotatable bonds is 3. The van der Waals surface area contributed by atoms with Gasteiger partial charge in [-0.2, -0.15) is 0 Å². The average Bonchev–Trinajstić information content (AvgIpc) is 2.68. The number of nitrogens with one attached hydrogen (secondary N) is 2. The summed E-state index contributed by atoms with van der Waals surface area (Å²) in [6, 6.07) is 12.0. The third kappa shape index (κ3) is 4.06. The molecule has 0 spiro atoms. The fourth-order valence-electron chi connectivity index (χ4n) is 2.56. The minimum atomic E-state index is -0.477. The number of nitrogens with zero attached hydrogens (tertiary/aromatic N) is 1. The molecular weight excluding hydrogens is 366 g/mol. The van der Waals surface area contributed by atoms with Crippen LogP contribution in [-0.2, 0) is 9.53 Å². The van der Waals surface area contributed by atoms with Gasteiger partial charge in [0.15, 0.2) is 0 Å². The van der Waals surface area contributed by atoms with Crippen LogP contribution in [0.3, 0.4) is 0 Å². The van der Waals surface area contributed by atoms with E-state index in [-0.39, 0.29) is 17.1 Å². The molecule has 0 saturated heterocycles. The second-order valence-electron chi connectivity index (χ2n) is 5.99. The van der Waals surface area contributed by atoms with Crippen LogP contribution in [0.4, 0.5) is 21.9 Å². The summed E-state index contributed by atoms with van der Waals surface area (Å²) < 4.78 is 4.66. The lowest BCUT2D eigenvalue weighted by Gasteiger charge is -2.21. The molecule has 3 amide bonds. The second kappa shape index (κ2) is 7.71. The zero-order chi connectivity index (χ0) is 19.6. The zero-order valence-electron chi connectivity index (χ0n) is 15.1. The molecule has 2 aromatic rings. The lowest BCUT2D eigenvalue weighted by atomic mass is 10.1. The second-order valence-corrected chi connectivity index (χ2v) is 7.37. The van der Waals surface area contributed by atoms with Crippen LogP contribution in [0.5, 0.6) is 0 Å². The van der Waals surface area contributed by atoms with Crippen molar-refractivity contribution in [2.45, 2.75) is 17.1 Å². The van der Waals surface area contributed by atoms with Crippen molar-refractivity contribution in [3.05, 3.63) is 48.0 Å². The number of ether oxygens (including phenoxy) is 1. The van der Waals surface area contributed by atoms with Gasteiger partial charge in [0.05, 0.1) is 18.0 Å². The van der Waals surface area contributed by atoms with E-state index in [1.807, 2.05) is 13.0 Å². The van der Waals surface area contributed by atoms with Crippen LogP contribution >= 0.6 is 11.8 Å². The summed E-state index contributed by atoms with van der Waals surface area (Å²) in [7, 11) is 2.91. The largest absolute Gasteiger partial charge is 0.452 e. The van der Waals surface area contributed by atoms with Gasteiger partial charge >= 0.3 is 6.09 Å². The highest BCUT2D eigenvalue weighted by Gasteiger charge is 2.23. The monoisotopic (exact) mass is 385 g/mol. The predicted octanol–water partition coefficient (Wildman–Crippen LogP) is 3.57. The van der Waals surface area contributed by atoms with Crippen LogP contribution in [0.1, 0.15) is 17.3 Å². The molecule has 140 valence electrons. The van der Waals surface area contributed by atoms with Gasteiger partial charge in [0, 0.05) is 28.9 Å². The molecule has 3 rings (SSSR count). The Hall–Kier alpha value is -3.00. The van der Waals surface area contributed by atoms with Crippen molar-refractivity contribution in [1.82, 2.24) is 0 Å². The molecule has 0 radical (unpaired) electrons. The van der Waals surface area contributed by atoms with E-state index in [1.54, 1.807) is 43.4 Å². The van der Waals surface area contributed by atoms with Gasteiger partial charge in [-0.05, 0) is 49.4 Å². The molecule has 0 aliphatic carbocycles. The summed E-state index contributed by atoms with van der Waals surface area (Å²) in [6.45, 7) is 1.84. The van der Waals surface area contributed by atoms with Crippen molar-refractivity contribution in [2.24, 2.45) is 0 Å². The van der Waals surface area contributed by atoms with Gasteiger partial charge in [-0.3, -0.25) is 14.5 Å². The van der Waals surface area contributed by atoms with E-state index in [1.165, 1.54) is 23.8 Å². The average molecular weight is 385 g/mol. The summed E-state index contributed by atoms with van der Waals surface area (Å²) in [6.07, 6.45) is -0.477. The Bertz CT molecular complexity index is 898. The molecule has 7 nitrogen and oxygen atoms in total. The highest BCUT2D eigenvalue weighted by molar-refractivity contribution is 8.00. The Balaban J connectivity index is 1.71. The normalized spacial score (nSPS) is 15.4. The standard InChI is InChI=1S/C19H19N3O4S/c1-11-17(23)21-15-10-12(4-9-16(15)27-11)18(24)20-13-5-7-14(8-6-13)22(2)19(25)26-3/h4-11H,1-3H3,(H,20,24)(H,21,23). The van der Waals surface area contributed by atoms with Crippen molar-refractivity contribution >= 4 is 46.7 Å². The number of hydrogen-bond donors (Lipinski definition) is 2. The lowest BCUT2D eigenvalue weighted by molar-refractivity contribution is -0.115. The first-order chi connectivity index (χ1) is 12.9. The van der Waals surface area contributed by atoms with Gasteiger partial charge in [0.25, 0.3) is 5.91 Å². The van der Waals surface area contributed by atoms with Crippen LogP contribution in [0.25, 0.3) is 0 Å². The smallest absolute Gasteiger partial charge is 0.413 e. The highest BCUT2D eigenvalue weighted by Crippen LogP contribution is 2.36. The van der Waals surface area contributed by atoms with E-state index in [0.29, 0.717) is 22.6 Å². The van der Waals surface area contributed by atoms with Crippen LogP contribution in [0.15, 0.2) is 47.4 Å². The lowest BCUT2D eigenvalue weighted by Crippen LogP contribution is -2.26. The molecule has 0 fully saturated rings. The quantitative estimate of drug-likeness (QED) is 0.843. The molecule has 0 bridgehead atoms. The van der Waals surface area contributed by atoms with Gasteiger partial charge < -0.3 is 15.4 Å². The van der Waals surface area contributed by atoms with Crippen molar-refractivity contribution in [3.63, 3.8) is 0 Å². The summed E-state index contributed by atoms with van der Waals surface area (Å²) in [4.78, 5) is 38.1. The molecule has 1 atom stereocenters. The van der Waals surface area contributed by atoms with E-state index in [9.17, 15) is 14.4 Å². The number of carbonyl (C=O) groups excluding carboxylic acids is 3. The molecule has 0 saturated carbocycles. The number of benzene rings is 2. The van der Waals surface area contributed by atoms with Gasteiger partial charge in [-0.15, -0.1) is 11.8 Å². The molecule has 0 aromatic heterocycles. The molecule has 2 N–H and O–H groups in total. The number of amides is 3. The van der Waals surface area contributed by atoms with E-state index >= 15 is 0 Å². The number of hydrogen-bond acceptors (Lipinski definition) is 5. The Labute approximate surface area is 161 Å². The molecule has 1 aliphatic rings. The van der Waals surface area contributed by atoms with Crippen LogP contribution in [0.2, 0.25) is 0 Å². The topological polar surface area (TPSA) is 87.7 Å². The maximum atomic E-state index is 12.5. The van der Waals surface area contributed by atoms with E-state index in [4.69, 9.17) is 0 Å². The van der Waals surface area contributed by atoms with Crippen molar-refractivity contribution in [2.75, 3.05) is 29.7 Å². The molecule has 1 aliphatic heterocycles. The van der Waals surface area contributed by atoms with Crippen molar-refractivity contribution in [1.29, 1.82) is 0 Å². The minimum Gasteiger partial charge on any atom is -0.452 e. The summed E-state index contributed by atoms with van der Waals surface area (Å²) in [5.41, 5.74) is 2.32. The Morgan fingerprint density at radius 2 is 1.89 bits per heavy atom. The fourth-order valence-corrected chi connectivity index (χ4v) is 3.49. The summed E-state index contributed by atoms with van der Waals surface area (Å²) in [5, 5.41) is 5.46. The van der Waals surface area contributed by atoms with Gasteiger partial charge in [-0.1, -0.05) is 0 Å². The van der Waals surface area contributed by atoms with Crippen molar-refractivity contribution < 1.29 is 19.1 Å². The first-order valence-corrected chi connectivity index (χ1v) is 9.11. The molecule has 2 aromatic carbocycles. The Morgan fingerprint density at radius 1 is 1.19 bits per heavy atom. The molecule has 8 heteroatoms. The summed E-state index contributed by atoms with van der Waals surface area (Å²) in [5.74, 6) is -0.361. The van der Waals surface area contributed by atoms with E-state index in [0.717, 1.165) is 4.90 Å². The van der Waals surface area contributed by atoms with Crippen LogP contribution in [-0.4, -0.2) is 37.3 Å². The Morgan fingerprint density at radius 3 is 2.56 bits per heavy atom. The SMILES string of the molecule is COC(=O)N(C)c1ccc(NC(=O)c2ccc3c(c2)NC(=O)C(C)S3)cc1. The highest BCUT2D eigenvalue weighted by atomic mass is 32.2. The van der Waals surface area contributed by atoms with E-state index in [2.05, 4.69) is 15.4 Å². The first-order valence-electron chi connectivity index (χ1n) is 8.23. The molecule has 1 unspecified atom stereocenters. The first kappa shape index (κ1) is 18.8. The Kier molecular flexibility index (Phi) is 5.36. The van der Waals surface area contributed by atoms with Gasteiger partial charge in [-0.25, -0.2) is 4.79 Å². The number of thioether (sulfide) groups is 1. The minimum absolute atomic E-state index is 0.0737. The van der Waals surface area contributed by atoms with Gasteiger partial charge in [0.2, 0.25) is 5.91 Å². The number of fused-ring (bicyclic) bond motifs is 1. The fraction of sp³-hybridized carbons (Fsp3) is 0.211. The molecular formula is C19H19N3O4S.